The monoisotopic (exact) mass is 488 g/mol. The Hall–Kier alpha value is -2.00. The van der Waals surface area contributed by atoms with E-state index in [-0.39, 0.29) is 15.7 Å². The molecule has 4 nitrogen and oxygen atoms in total. The van der Waals surface area contributed by atoms with Crippen molar-refractivity contribution < 1.29 is 13.2 Å². The Balaban J connectivity index is 2.02. The summed E-state index contributed by atoms with van der Waals surface area (Å²) in [6.07, 6.45) is -1.44. The molecule has 2 aromatic heterocycles. The molecule has 2 heterocycles. The van der Waals surface area contributed by atoms with E-state index in [1.807, 2.05) is 18.4 Å². The highest BCUT2D eigenvalue weighted by Gasteiger charge is 2.33. The fourth-order valence-electron chi connectivity index (χ4n) is 3.01. The third-order valence-corrected chi connectivity index (χ3v) is 5.89. The van der Waals surface area contributed by atoms with Gasteiger partial charge in [0.2, 0.25) is 0 Å². The van der Waals surface area contributed by atoms with E-state index in [9.17, 15) is 13.2 Å². The molecule has 0 aliphatic heterocycles. The number of hydrogen-bond donors (Lipinski definition) is 0. The average Bonchev–Trinajstić information content (AvgIpc) is 3.06. The molecule has 0 saturated heterocycles. The maximum Gasteiger partial charge on any atom is 0.416 e. The molecular formula is C19H10Cl3F3N4S. The van der Waals surface area contributed by atoms with Crippen molar-refractivity contribution in [3.63, 3.8) is 0 Å². The quantitative estimate of drug-likeness (QED) is 0.286. The zero-order valence-electron chi connectivity index (χ0n) is 15.0. The van der Waals surface area contributed by atoms with Crippen LogP contribution in [0.25, 0.3) is 28.0 Å². The summed E-state index contributed by atoms with van der Waals surface area (Å²) in [6, 6.07) is 8.78. The smallest absolute Gasteiger partial charge is 0.235 e. The van der Waals surface area contributed by atoms with E-state index in [0.717, 1.165) is 12.1 Å². The zero-order valence-corrected chi connectivity index (χ0v) is 18.1. The molecule has 4 rings (SSSR count). The zero-order chi connectivity index (χ0) is 21.6. The molecule has 4 aromatic rings. The van der Waals surface area contributed by atoms with Crippen molar-refractivity contribution in [2.24, 2.45) is 0 Å². The number of halogens is 6. The summed E-state index contributed by atoms with van der Waals surface area (Å²) < 4.78 is 40.6. The minimum Gasteiger partial charge on any atom is -0.235 e. The van der Waals surface area contributed by atoms with E-state index < -0.39 is 11.7 Å². The van der Waals surface area contributed by atoms with Gasteiger partial charge in [0.25, 0.3) is 0 Å². The second kappa shape index (κ2) is 7.92. The molecular weight excluding hydrogens is 480 g/mol. The lowest BCUT2D eigenvalue weighted by atomic mass is 10.1. The topological polar surface area (TPSA) is 43.6 Å². The average molecular weight is 490 g/mol. The van der Waals surface area contributed by atoms with Gasteiger partial charge >= 0.3 is 6.18 Å². The van der Waals surface area contributed by atoms with Crippen LogP contribution in [0.4, 0.5) is 13.2 Å². The van der Waals surface area contributed by atoms with Gasteiger partial charge in [-0.25, -0.2) is 14.6 Å². The maximum atomic E-state index is 13.1. The SMILES string of the molecule is CSc1nn(-c2c(Cl)cc(C(F)(F)F)cc2Cl)c2ncnc(-c3ccccc3Cl)c12. The number of thioether (sulfide) groups is 1. The van der Waals surface area contributed by atoms with Crippen LogP contribution in [0.15, 0.2) is 47.8 Å². The van der Waals surface area contributed by atoms with Gasteiger partial charge in [-0.3, -0.25) is 0 Å². The van der Waals surface area contributed by atoms with Crippen LogP contribution in [0.2, 0.25) is 15.1 Å². The Labute approximate surface area is 188 Å². The molecule has 0 N–H and O–H groups in total. The first-order valence-electron chi connectivity index (χ1n) is 8.31. The summed E-state index contributed by atoms with van der Waals surface area (Å²) in [6.45, 7) is 0. The second-order valence-corrected chi connectivity index (χ2v) is 8.12. The molecule has 0 aliphatic carbocycles. The van der Waals surface area contributed by atoms with Gasteiger partial charge in [-0.1, -0.05) is 53.0 Å². The number of alkyl halides is 3. The number of aromatic nitrogens is 4. The van der Waals surface area contributed by atoms with Crippen LogP contribution in [0, 0.1) is 0 Å². The van der Waals surface area contributed by atoms with Gasteiger partial charge in [0, 0.05) is 10.6 Å². The third kappa shape index (κ3) is 3.62. The van der Waals surface area contributed by atoms with Crippen LogP contribution < -0.4 is 0 Å². The van der Waals surface area contributed by atoms with E-state index >= 15 is 0 Å². The van der Waals surface area contributed by atoms with E-state index in [0.29, 0.717) is 32.3 Å². The molecule has 0 amide bonds. The molecule has 11 heteroatoms. The van der Waals surface area contributed by atoms with Gasteiger partial charge in [-0.15, -0.1) is 11.8 Å². The molecule has 30 heavy (non-hydrogen) atoms. The molecule has 0 unspecified atom stereocenters. The van der Waals surface area contributed by atoms with Gasteiger partial charge in [0.15, 0.2) is 5.65 Å². The van der Waals surface area contributed by atoms with E-state index in [1.165, 1.54) is 22.8 Å². The molecule has 0 atom stereocenters. The van der Waals surface area contributed by atoms with E-state index in [1.54, 1.807) is 12.1 Å². The highest BCUT2D eigenvalue weighted by atomic mass is 35.5. The predicted octanol–water partition coefficient (Wildman–Crippen LogP) is 7.18. The number of nitrogens with zero attached hydrogens (tertiary/aromatic N) is 4. The van der Waals surface area contributed by atoms with Crippen LogP contribution in [0.3, 0.4) is 0 Å². The molecule has 0 radical (unpaired) electrons. The molecule has 154 valence electrons. The lowest BCUT2D eigenvalue weighted by Crippen LogP contribution is -2.07. The fraction of sp³-hybridized carbons (Fsp3) is 0.105. The summed E-state index contributed by atoms with van der Waals surface area (Å²) in [5.74, 6) is 0. The lowest BCUT2D eigenvalue weighted by molar-refractivity contribution is -0.137. The van der Waals surface area contributed by atoms with Crippen molar-refractivity contribution in [2.75, 3.05) is 6.26 Å². The van der Waals surface area contributed by atoms with Crippen LogP contribution >= 0.6 is 46.6 Å². The van der Waals surface area contributed by atoms with Crippen LogP contribution in [0.5, 0.6) is 0 Å². The summed E-state index contributed by atoms with van der Waals surface area (Å²) in [5.41, 5.74) is 0.703. The summed E-state index contributed by atoms with van der Waals surface area (Å²) in [7, 11) is 0. The van der Waals surface area contributed by atoms with Gasteiger partial charge in [-0.2, -0.15) is 18.3 Å². The Morgan fingerprint density at radius 2 is 1.63 bits per heavy atom. The van der Waals surface area contributed by atoms with Gasteiger partial charge in [-0.05, 0) is 24.5 Å². The van der Waals surface area contributed by atoms with E-state index in [4.69, 9.17) is 34.8 Å². The third-order valence-electron chi connectivity index (χ3n) is 4.31. The lowest BCUT2D eigenvalue weighted by Gasteiger charge is -2.12. The van der Waals surface area contributed by atoms with Crippen LogP contribution in [-0.4, -0.2) is 26.0 Å². The standard InChI is InChI=1S/C19H10Cl3F3N4S/c1-30-18-14-15(10-4-2-3-5-11(10)20)26-8-27-17(14)29(28-18)16-12(21)6-9(7-13(16)22)19(23,24)25/h2-8H,1H3. The number of fused-ring (bicyclic) bond motifs is 1. The first-order valence-corrected chi connectivity index (χ1v) is 10.7. The normalized spacial score (nSPS) is 12.0. The Morgan fingerprint density at radius 1 is 0.967 bits per heavy atom. The first-order chi connectivity index (χ1) is 14.2. The molecule has 0 spiro atoms. The number of benzene rings is 2. The molecule has 0 aliphatic rings. The Bertz CT molecular complexity index is 1250. The van der Waals surface area contributed by atoms with Crippen molar-refractivity contribution in [1.82, 2.24) is 19.7 Å². The van der Waals surface area contributed by atoms with Crippen molar-refractivity contribution in [2.45, 2.75) is 11.2 Å². The van der Waals surface area contributed by atoms with Crippen molar-refractivity contribution in [1.29, 1.82) is 0 Å². The first kappa shape index (κ1) is 21.2. The maximum absolute atomic E-state index is 13.1. The molecule has 0 fully saturated rings. The number of rotatable bonds is 3. The summed E-state index contributed by atoms with van der Waals surface area (Å²) in [5, 5.41) is 5.71. The van der Waals surface area contributed by atoms with E-state index in [2.05, 4.69) is 15.1 Å². The van der Waals surface area contributed by atoms with Crippen LogP contribution in [0.1, 0.15) is 5.56 Å². The number of hydrogen-bond acceptors (Lipinski definition) is 4. The van der Waals surface area contributed by atoms with Gasteiger partial charge in [0.1, 0.15) is 17.0 Å². The minimum atomic E-state index is -4.58. The minimum absolute atomic E-state index is 0.0976. The summed E-state index contributed by atoms with van der Waals surface area (Å²) in [4.78, 5) is 8.66. The van der Waals surface area contributed by atoms with Crippen LogP contribution in [-0.2, 0) is 6.18 Å². The van der Waals surface area contributed by atoms with Crippen molar-refractivity contribution >= 4 is 57.6 Å². The van der Waals surface area contributed by atoms with Gasteiger partial charge in [0.05, 0.1) is 26.7 Å². The Morgan fingerprint density at radius 3 is 2.23 bits per heavy atom. The highest BCUT2D eigenvalue weighted by molar-refractivity contribution is 7.98. The second-order valence-electron chi connectivity index (χ2n) is 6.11. The fourth-order valence-corrected chi connectivity index (χ4v) is 4.44. The molecule has 0 saturated carbocycles. The van der Waals surface area contributed by atoms with Crippen molar-refractivity contribution in [3.8, 4) is 16.9 Å². The largest absolute Gasteiger partial charge is 0.416 e. The van der Waals surface area contributed by atoms with Crippen molar-refractivity contribution in [3.05, 3.63) is 63.4 Å². The predicted molar refractivity (Wildman–Crippen MR) is 114 cm³/mol. The molecule has 2 aromatic carbocycles. The summed E-state index contributed by atoms with van der Waals surface area (Å²) >= 11 is 20.1. The molecule has 0 bridgehead atoms. The Kier molecular flexibility index (Phi) is 5.61. The highest BCUT2D eigenvalue weighted by Crippen LogP contribution is 2.41. The van der Waals surface area contributed by atoms with Gasteiger partial charge < -0.3 is 0 Å².